The van der Waals surface area contributed by atoms with Gasteiger partial charge in [-0.2, -0.15) is 5.10 Å². The molecule has 0 fully saturated rings. The molecule has 0 aliphatic rings. The topological polar surface area (TPSA) is 44.1 Å². The van der Waals surface area contributed by atoms with Crippen LogP contribution in [0.25, 0.3) is 0 Å². The summed E-state index contributed by atoms with van der Waals surface area (Å²) in [4.78, 5) is 12.3. The van der Waals surface area contributed by atoms with E-state index in [4.69, 9.17) is 4.74 Å². The predicted molar refractivity (Wildman–Crippen MR) is 73.7 cm³/mol. The molecule has 0 aliphatic heterocycles. The fraction of sp³-hybridized carbons (Fsp3) is 0.333. The van der Waals surface area contributed by atoms with Gasteiger partial charge in [-0.3, -0.25) is 4.79 Å². The maximum atomic E-state index is 12.3. The van der Waals surface area contributed by atoms with E-state index in [-0.39, 0.29) is 5.78 Å². The van der Waals surface area contributed by atoms with E-state index in [1.54, 1.807) is 24.9 Å². The lowest BCUT2D eigenvalue weighted by atomic mass is 10.00. The zero-order chi connectivity index (χ0) is 14.0. The summed E-state index contributed by atoms with van der Waals surface area (Å²) in [6, 6.07) is 9.31. The highest BCUT2D eigenvalue weighted by Crippen LogP contribution is 2.18. The van der Waals surface area contributed by atoms with Crippen LogP contribution in [0.1, 0.15) is 41.4 Å². The number of ether oxygens (including phenoxy) is 1. The Kier molecular flexibility index (Phi) is 3.69. The zero-order valence-corrected chi connectivity index (χ0v) is 11.7. The number of aromatic nitrogens is 2. The first-order valence-electron chi connectivity index (χ1n) is 6.25. The SMILES string of the molecule is COc1cc(C(=O)c2ccc(C(C)C)cc2)nn1C. The van der Waals surface area contributed by atoms with Crippen LogP contribution in [0.2, 0.25) is 0 Å². The van der Waals surface area contributed by atoms with Crippen LogP contribution in [0.3, 0.4) is 0 Å². The molecule has 0 atom stereocenters. The van der Waals surface area contributed by atoms with Crippen molar-refractivity contribution in [1.29, 1.82) is 0 Å². The Bertz CT molecular complexity index is 583. The summed E-state index contributed by atoms with van der Waals surface area (Å²) in [7, 11) is 3.31. The van der Waals surface area contributed by atoms with Gasteiger partial charge in [0, 0.05) is 18.7 Å². The molecular weight excluding hydrogens is 240 g/mol. The van der Waals surface area contributed by atoms with Gasteiger partial charge < -0.3 is 4.74 Å². The van der Waals surface area contributed by atoms with Gasteiger partial charge in [-0.25, -0.2) is 4.68 Å². The second-order valence-corrected chi connectivity index (χ2v) is 4.80. The number of hydrogen-bond donors (Lipinski definition) is 0. The quantitative estimate of drug-likeness (QED) is 0.792. The number of nitrogens with zero attached hydrogens (tertiary/aromatic N) is 2. The van der Waals surface area contributed by atoms with Gasteiger partial charge in [0.25, 0.3) is 0 Å². The molecule has 0 spiro atoms. The number of methoxy groups -OCH3 is 1. The van der Waals surface area contributed by atoms with Crippen molar-refractivity contribution >= 4 is 5.78 Å². The van der Waals surface area contributed by atoms with Crippen molar-refractivity contribution < 1.29 is 9.53 Å². The van der Waals surface area contributed by atoms with Gasteiger partial charge in [0.15, 0.2) is 0 Å². The van der Waals surface area contributed by atoms with E-state index >= 15 is 0 Å². The van der Waals surface area contributed by atoms with Crippen LogP contribution in [-0.4, -0.2) is 22.7 Å². The van der Waals surface area contributed by atoms with Crippen molar-refractivity contribution in [2.75, 3.05) is 7.11 Å². The van der Waals surface area contributed by atoms with Crippen LogP contribution < -0.4 is 4.74 Å². The van der Waals surface area contributed by atoms with Crippen molar-refractivity contribution in [2.45, 2.75) is 19.8 Å². The largest absolute Gasteiger partial charge is 0.481 e. The minimum absolute atomic E-state index is 0.0887. The van der Waals surface area contributed by atoms with Crippen molar-refractivity contribution in [3.63, 3.8) is 0 Å². The van der Waals surface area contributed by atoms with Crippen molar-refractivity contribution in [2.24, 2.45) is 7.05 Å². The fourth-order valence-electron chi connectivity index (χ4n) is 1.92. The van der Waals surface area contributed by atoms with E-state index < -0.39 is 0 Å². The summed E-state index contributed by atoms with van der Waals surface area (Å²) in [5.74, 6) is 0.940. The Labute approximate surface area is 113 Å². The Hall–Kier alpha value is -2.10. The monoisotopic (exact) mass is 258 g/mol. The first-order chi connectivity index (χ1) is 9.02. The van der Waals surface area contributed by atoms with Gasteiger partial charge in [0.05, 0.1) is 7.11 Å². The molecule has 0 aliphatic carbocycles. The normalized spacial score (nSPS) is 10.8. The van der Waals surface area contributed by atoms with Crippen LogP contribution in [0.15, 0.2) is 30.3 Å². The second kappa shape index (κ2) is 5.26. The summed E-state index contributed by atoms with van der Waals surface area (Å²) in [5, 5.41) is 4.16. The third kappa shape index (κ3) is 2.67. The smallest absolute Gasteiger partial charge is 0.213 e. The van der Waals surface area contributed by atoms with E-state index in [1.807, 2.05) is 24.3 Å². The zero-order valence-electron chi connectivity index (χ0n) is 11.7. The highest BCUT2D eigenvalue weighted by atomic mass is 16.5. The summed E-state index contributed by atoms with van der Waals surface area (Å²) in [5.41, 5.74) is 2.26. The maximum absolute atomic E-state index is 12.3. The standard InChI is InChI=1S/C15H18N2O2/c1-10(2)11-5-7-12(8-6-11)15(18)13-9-14(19-4)17(3)16-13/h5-10H,1-4H3. The van der Waals surface area contributed by atoms with Crippen LogP contribution in [-0.2, 0) is 7.05 Å². The molecule has 2 rings (SSSR count). The van der Waals surface area contributed by atoms with Gasteiger partial charge >= 0.3 is 0 Å². The minimum Gasteiger partial charge on any atom is -0.481 e. The number of hydrogen-bond acceptors (Lipinski definition) is 3. The molecule has 0 saturated carbocycles. The first-order valence-corrected chi connectivity index (χ1v) is 6.25. The van der Waals surface area contributed by atoms with Gasteiger partial charge in [0.1, 0.15) is 5.69 Å². The lowest BCUT2D eigenvalue weighted by Gasteiger charge is -2.05. The molecule has 1 aromatic carbocycles. The number of ketones is 1. The molecule has 4 nitrogen and oxygen atoms in total. The minimum atomic E-state index is -0.0887. The molecule has 0 N–H and O–H groups in total. The van der Waals surface area contributed by atoms with Crippen molar-refractivity contribution in [3.05, 3.63) is 47.2 Å². The Morgan fingerprint density at radius 2 is 1.89 bits per heavy atom. The molecule has 1 heterocycles. The lowest BCUT2D eigenvalue weighted by Crippen LogP contribution is -2.03. The average molecular weight is 258 g/mol. The summed E-state index contributed by atoms with van der Waals surface area (Å²) >= 11 is 0. The number of benzene rings is 1. The molecule has 1 aromatic heterocycles. The Balaban J connectivity index is 2.28. The Morgan fingerprint density at radius 3 is 2.37 bits per heavy atom. The number of carbonyl (C=O) groups is 1. The van der Waals surface area contributed by atoms with E-state index in [9.17, 15) is 4.79 Å². The highest BCUT2D eigenvalue weighted by molar-refractivity contribution is 6.07. The van der Waals surface area contributed by atoms with E-state index in [1.165, 1.54) is 5.56 Å². The summed E-state index contributed by atoms with van der Waals surface area (Å²) in [6.45, 7) is 4.25. The maximum Gasteiger partial charge on any atom is 0.213 e. The molecule has 2 aromatic rings. The molecular formula is C15H18N2O2. The molecule has 0 radical (unpaired) electrons. The Morgan fingerprint density at radius 1 is 1.26 bits per heavy atom. The van der Waals surface area contributed by atoms with Crippen LogP contribution in [0.4, 0.5) is 0 Å². The fourth-order valence-corrected chi connectivity index (χ4v) is 1.92. The number of carbonyl (C=O) groups excluding carboxylic acids is 1. The van der Waals surface area contributed by atoms with Crippen LogP contribution in [0.5, 0.6) is 5.88 Å². The highest BCUT2D eigenvalue weighted by Gasteiger charge is 2.15. The molecule has 0 bridgehead atoms. The van der Waals surface area contributed by atoms with Crippen molar-refractivity contribution in [1.82, 2.24) is 9.78 Å². The third-order valence-corrected chi connectivity index (χ3v) is 3.12. The number of rotatable bonds is 4. The average Bonchev–Trinajstić information content (AvgIpc) is 2.79. The molecule has 4 heteroatoms. The summed E-state index contributed by atoms with van der Waals surface area (Å²) in [6.07, 6.45) is 0. The number of aryl methyl sites for hydroxylation is 1. The third-order valence-electron chi connectivity index (χ3n) is 3.12. The van der Waals surface area contributed by atoms with Gasteiger partial charge in [-0.1, -0.05) is 38.1 Å². The molecule has 100 valence electrons. The molecule has 19 heavy (non-hydrogen) atoms. The second-order valence-electron chi connectivity index (χ2n) is 4.80. The molecule has 0 saturated heterocycles. The first kappa shape index (κ1) is 13.3. The lowest BCUT2D eigenvalue weighted by molar-refractivity contribution is 0.103. The predicted octanol–water partition coefficient (Wildman–Crippen LogP) is 2.78. The van der Waals surface area contributed by atoms with Crippen LogP contribution >= 0.6 is 0 Å². The van der Waals surface area contributed by atoms with Crippen molar-refractivity contribution in [3.8, 4) is 5.88 Å². The summed E-state index contributed by atoms with van der Waals surface area (Å²) < 4.78 is 6.66. The van der Waals surface area contributed by atoms with Crippen LogP contribution in [0, 0.1) is 0 Å². The van der Waals surface area contributed by atoms with Gasteiger partial charge in [-0.15, -0.1) is 0 Å². The molecule has 0 amide bonds. The van der Waals surface area contributed by atoms with E-state index in [2.05, 4.69) is 18.9 Å². The van der Waals surface area contributed by atoms with Gasteiger partial charge in [-0.05, 0) is 11.5 Å². The molecule has 0 unspecified atom stereocenters. The van der Waals surface area contributed by atoms with E-state index in [0.29, 0.717) is 23.1 Å². The van der Waals surface area contributed by atoms with Gasteiger partial charge in [0.2, 0.25) is 11.7 Å². The van der Waals surface area contributed by atoms with E-state index in [0.717, 1.165) is 0 Å².